The summed E-state index contributed by atoms with van der Waals surface area (Å²) in [7, 11) is 0. The van der Waals surface area contributed by atoms with Crippen molar-refractivity contribution in [1.29, 1.82) is 0 Å². The molecule has 0 aliphatic heterocycles. The lowest BCUT2D eigenvalue weighted by atomic mass is 10.1. The molecule has 8 nitrogen and oxygen atoms in total. The van der Waals surface area contributed by atoms with Crippen LogP contribution in [-0.2, 0) is 4.79 Å². The van der Waals surface area contributed by atoms with Crippen molar-refractivity contribution < 1.29 is 14.3 Å². The molecule has 0 saturated heterocycles. The first-order chi connectivity index (χ1) is 19.4. The van der Waals surface area contributed by atoms with Gasteiger partial charge in [0.05, 0.1) is 24.5 Å². The normalized spacial score (nSPS) is 10.7. The fourth-order valence-corrected chi connectivity index (χ4v) is 4.65. The van der Waals surface area contributed by atoms with Crippen LogP contribution in [0.5, 0.6) is 0 Å². The summed E-state index contributed by atoms with van der Waals surface area (Å²) in [5.74, 6) is 0.241. The minimum Gasteiger partial charge on any atom is -0.396 e. The lowest BCUT2D eigenvalue weighted by molar-refractivity contribution is -0.117. The SMILES string of the molecule is CC.CCCCCN(CCC)CC(=O)Nc1cc(Nc2cc(-c3cc(Cl)ccc3F)nnc2SCCO)ccn1. The Kier molecular flexibility index (Phi) is 15.5. The number of carbonyl (C=O) groups is 1. The van der Waals surface area contributed by atoms with Crippen LogP contribution in [0.4, 0.5) is 21.6 Å². The Bertz CT molecular complexity index is 1200. The van der Waals surface area contributed by atoms with Crippen molar-refractivity contribution >= 4 is 46.5 Å². The number of nitrogens with zero attached hydrogens (tertiary/aromatic N) is 4. The molecule has 0 unspecified atom stereocenters. The molecular weight excluding hydrogens is 551 g/mol. The number of nitrogens with one attached hydrogen (secondary N) is 2. The molecule has 0 bridgehead atoms. The topological polar surface area (TPSA) is 103 Å². The molecule has 3 rings (SSSR count). The van der Waals surface area contributed by atoms with Crippen LogP contribution < -0.4 is 10.6 Å². The third kappa shape index (κ3) is 11.0. The first-order valence-electron chi connectivity index (χ1n) is 13.8. The standard InChI is InChI=1S/C27H34ClFN6O2S.C2H6/c1-3-5-6-12-35(11-4-2)18-26(37)32-25-16-20(9-10-30-25)31-24-17-23(33-34-27(24)38-14-13-36)21-15-19(28)7-8-22(21)29;1-2/h7-10,15-17,36H,3-6,11-14,18H2,1-2H3,(H2,30,31,32,33,37);1-2H3. The zero-order valence-electron chi connectivity index (χ0n) is 23.7. The van der Waals surface area contributed by atoms with Crippen molar-refractivity contribution in [3.8, 4) is 11.3 Å². The van der Waals surface area contributed by atoms with E-state index in [0.29, 0.717) is 45.2 Å². The van der Waals surface area contributed by atoms with Gasteiger partial charge in [0.1, 0.15) is 16.7 Å². The number of halogens is 2. The van der Waals surface area contributed by atoms with Crippen LogP contribution in [0.1, 0.15) is 53.4 Å². The molecule has 2 aromatic heterocycles. The quantitative estimate of drug-likeness (QED) is 0.128. The molecule has 0 spiro atoms. The number of thioether (sulfide) groups is 1. The summed E-state index contributed by atoms with van der Waals surface area (Å²) in [4.78, 5) is 19.2. The molecule has 0 fully saturated rings. The highest BCUT2D eigenvalue weighted by Gasteiger charge is 2.15. The van der Waals surface area contributed by atoms with Crippen molar-refractivity contribution in [2.75, 3.05) is 42.6 Å². The number of benzene rings is 1. The van der Waals surface area contributed by atoms with Crippen LogP contribution in [0.2, 0.25) is 5.02 Å². The van der Waals surface area contributed by atoms with Gasteiger partial charge in [0.2, 0.25) is 5.91 Å². The third-order valence-electron chi connectivity index (χ3n) is 5.59. The molecule has 11 heteroatoms. The van der Waals surface area contributed by atoms with Gasteiger partial charge in [-0.05, 0) is 56.3 Å². The van der Waals surface area contributed by atoms with Crippen molar-refractivity contribution in [3.63, 3.8) is 0 Å². The number of aliphatic hydroxyl groups excluding tert-OH is 1. The summed E-state index contributed by atoms with van der Waals surface area (Å²) >= 11 is 7.38. The van der Waals surface area contributed by atoms with E-state index in [4.69, 9.17) is 11.6 Å². The molecular formula is C29H40ClFN6O2S. The summed E-state index contributed by atoms with van der Waals surface area (Å²) in [5.41, 5.74) is 1.76. The fourth-order valence-electron chi connectivity index (χ4n) is 3.83. The molecule has 1 amide bonds. The molecule has 0 aliphatic rings. The van der Waals surface area contributed by atoms with Crippen LogP contribution in [0.15, 0.2) is 47.6 Å². The Hall–Kier alpha value is -2.79. The van der Waals surface area contributed by atoms with E-state index in [9.17, 15) is 14.3 Å². The molecule has 2 heterocycles. The van der Waals surface area contributed by atoms with Crippen LogP contribution in [0.25, 0.3) is 11.3 Å². The monoisotopic (exact) mass is 590 g/mol. The van der Waals surface area contributed by atoms with Gasteiger partial charge in [0.15, 0.2) is 0 Å². The zero-order chi connectivity index (χ0) is 29.3. The summed E-state index contributed by atoms with van der Waals surface area (Å²) in [6.07, 6.45) is 5.92. The van der Waals surface area contributed by atoms with Gasteiger partial charge < -0.3 is 15.7 Å². The van der Waals surface area contributed by atoms with E-state index in [1.165, 1.54) is 30.0 Å². The number of pyridine rings is 1. The zero-order valence-corrected chi connectivity index (χ0v) is 25.3. The number of amides is 1. The average Bonchev–Trinajstić information content (AvgIpc) is 2.95. The molecule has 3 N–H and O–H groups in total. The average molecular weight is 591 g/mol. The van der Waals surface area contributed by atoms with Crippen molar-refractivity contribution in [1.82, 2.24) is 20.1 Å². The second kappa shape index (κ2) is 18.5. The van der Waals surface area contributed by atoms with E-state index >= 15 is 0 Å². The number of aromatic nitrogens is 3. The van der Waals surface area contributed by atoms with Gasteiger partial charge in [-0.25, -0.2) is 9.37 Å². The van der Waals surface area contributed by atoms with E-state index in [-0.39, 0.29) is 18.1 Å². The Morgan fingerprint density at radius 2 is 1.88 bits per heavy atom. The summed E-state index contributed by atoms with van der Waals surface area (Å²) in [6, 6.07) is 9.40. The summed E-state index contributed by atoms with van der Waals surface area (Å²) in [6.45, 7) is 10.3. The smallest absolute Gasteiger partial charge is 0.239 e. The maximum Gasteiger partial charge on any atom is 0.239 e. The number of unbranched alkanes of at least 4 members (excludes halogenated alkanes) is 2. The number of carbonyl (C=O) groups excluding carboxylic acids is 1. The van der Waals surface area contributed by atoms with Gasteiger partial charge in [0, 0.05) is 34.3 Å². The minimum absolute atomic E-state index is 0.0324. The van der Waals surface area contributed by atoms with E-state index in [1.54, 1.807) is 24.4 Å². The molecule has 3 aromatic rings. The Morgan fingerprint density at radius 3 is 2.60 bits per heavy atom. The van der Waals surface area contributed by atoms with Crippen LogP contribution in [0, 0.1) is 5.82 Å². The Labute approximate surface area is 246 Å². The minimum atomic E-state index is -0.467. The fraction of sp³-hybridized carbons (Fsp3) is 0.448. The summed E-state index contributed by atoms with van der Waals surface area (Å²) < 4.78 is 14.5. The lowest BCUT2D eigenvalue weighted by Gasteiger charge is -2.21. The van der Waals surface area contributed by atoms with E-state index < -0.39 is 5.82 Å². The van der Waals surface area contributed by atoms with Gasteiger partial charge in [-0.3, -0.25) is 9.69 Å². The first-order valence-corrected chi connectivity index (χ1v) is 15.1. The van der Waals surface area contributed by atoms with E-state index in [1.807, 2.05) is 13.8 Å². The van der Waals surface area contributed by atoms with Crippen molar-refractivity contribution in [3.05, 3.63) is 53.4 Å². The highest BCUT2D eigenvalue weighted by molar-refractivity contribution is 7.99. The van der Waals surface area contributed by atoms with E-state index in [2.05, 4.69) is 44.6 Å². The first kappa shape index (κ1) is 33.4. The van der Waals surface area contributed by atoms with Gasteiger partial charge in [0.25, 0.3) is 0 Å². The maximum atomic E-state index is 14.5. The van der Waals surface area contributed by atoms with Gasteiger partial charge >= 0.3 is 0 Å². The predicted octanol–water partition coefficient (Wildman–Crippen LogP) is 7.03. The predicted molar refractivity (Wildman–Crippen MR) is 164 cm³/mol. The molecule has 0 saturated carbocycles. The van der Waals surface area contributed by atoms with E-state index in [0.717, 1.165) is 38.8 Å². The number of anilines is 3. The number of aliphatic hydroxyl groups is 1. The third-order valence-corrected chi connectivity index (χ3v) is 6.78. The number of hydrogen-bond acceptors (Lipinski definition) is 8. The molecule has 0 aliphatic carbocycles. The molecule has 218 valence electrons. The molecule has 0 radical (unpaired) electrons. The molecule has 1 aromatic carbocycles. The van der Waals surface area contributed by atoms with Crippen molar-refractivity contribution in [2.45, 2.75) is 58.4 Å². The Balaban J connectivity index is 0.00000274. The highest BCUT2D eigenvalue weighted by Crippen LogP contribution is 2.32. The lowest BCUT2D eigenvalue weighted by Crippen LogP contribution is -2.34. The van der Waals surface area contributed by atoms with Crippen LogP contribution in [0.3, 0.4) is 0 Å². The van der Waals surface area contributed by atoms with Crippen molar-refractivity contribution in [2.24, 2.45) is 0 Å². The van der Waals surface area contributed by atoms with Crippen LogP contribution >= 0.6 is 23.4 Å². The summed E-state index contributed by atoms with van der Waals surface area (Å²) in [5, 5.41) is 24.8. The largest absolute Gasteiger partial charge is 0.396 e. The van der Waals surface area contributed by atoms with Gasteiger partial charge in [-0.2, -0.15) is 0 Å². The second-order valence-corrected chi connectivity index (χ2v) is 10.3. The molecule has 40 heavy (non-hydrogen) atoms. The maximum absolute atomic E-state index is 14.5. The van der Waals surface area contributed by atoms with Gasteiger partial charge in [-0.1, -0.05) is 52.1 Å². The number of rotatable bonds is 15. The second-order valence-electron chi connectivity index (χ2n) is 8.73. The van der Waals surface area contributed by atoms with Crippen LogP contribution in [-0.4, -0.2) is 63.1 Å². The van der Waals surface area contributed by atoms with Gasteiger partial charge in [-0.15, -0.1) is 22.0 Å². The number of hydrogen-bond donors (Lipinski definition) is 3. The molecule has 0 atom stereocenters. The Morgan fingerprint density at radius 1 is 1.07 bits per heavy atom. The highest BCUT2D eigenvalue weighted by atomic mass is 35.5.